The molecule has 1 aliphatic rings. The van der Waals surface area contributed by atoms with Crippen molar-refractivity contribution in [2.45, 2.75) is 18.9 Å². The summed E-state index contributed by atoms with van der Waals surface area (Å²) in [6.07, 6.45) is 2.55. The quantitative estimate of drug-likeness (QED) is 0.553. The minimum Gasteiger partial charge on any atom is -0.329 e. The summed E-state index contributed by atoms with van der Waals surface area (Å²) >= 11 is 0. The lowest BCUT2D eigenvalue weighted by atomic mass is 10.2. The zero-order valence-corrected chi connectivity index (χ0v) is 6.42. The Hall–Kier alpha value is -0.120. The molecule has 10 heavy (non-hydrogen) atoms. The van der Waals surface area contributed by atoms with Crippen molar-refractivity contribution in [3.05, 3.63) is 0 Å². The van der Waals surface area contributed by atoms with E-state index in [2.05, 4.69) is 4.90 Å². The predicted octanol–water partition coefficient (Wildman–Crippen LogP) is -0.632. The SMILES string of the molecule is NCCN1CCC[C@@H]1CN. The Morgan fingerprint density at radius 2 is 2.20 bits per heavy atom. The van der Waals surface area contributed by atoms with Gasteiger partial charge < -0.3 is 11.5 Å². The van der Waals surface area contributed by atoms with Crippen molar-refractivity contribution < 1.29 is 0 Å². The summed E-state index contributed by atoms with van der Waals surface area (Å²) in [7, 11) is 0. The molecule has 1 saturated heterocycles. The van der Waals surface area contributed by atoms with Gasteiger partial charge in [-0.15, -0.1) is 0 Å². The van der Waals surface area contributed by atoms with Crippen LogP contribution in [-0.2, 0) is 0 Å². The molecule has 1 fully saturated rings. The summed E-state index contributed by atoms with van der Waals surface area (Å²) in [6, 6.07) is 0.614. The highest BCUT2D eigenvalue weighted by Gasteiger charge is 2.21. The van der Waals surface area contributed by atoms with Gasteiger partial charge in [0.2, 0.25) is 0 Å². The highest BCUT2D eigenvalue weighted by molar-refractivity contribution is 4.79. The second-order valence-corrected chi connectivity index (χ2v) is 2.86. The first kappa shape index (κ1) is 7.98. The van der Waals surface area contributed by atoms with Crippen molar-refractivity contribution in [2.75, 3.05) is 26.2 Å². The van der Waals surface area contributed by atoms with Crippen molar-refractivity contribution in [3.8, 4) is 0 Å². The van der Waals surface area contributed by atoms with Crippen LogP contribution in [0.25, 0.3) is 0 Å². The minimum atomic E-state index is 0.614. The second-order valence-electron chi connectivity index (χ2n) is 2.86. The number of nitrogens with two attached hydrogens (primary N) is 2. The third-order valence-corrected chi connectivity index (χ3v) is 2.19. The molecule has 1 atom stereocenters. The van der Waals surface area contributed by atoms with Crippen LogP contribution in [-0.4, -0.2) is 37.1 Å². The van der Waals surface area contributed by atoms with E-state index >= 15 is 0 Å². The third-order valence-electron chi connectivity index (χ3n) is 2.19. The molecule has 1 aliphatic heterocycles. The van der Waals surface area contributed by atoms with Crippen molar-refractivity contribution in [1.82, 2.24) is 4.90 Å². The van der Waals surface area contributed by atoms with Crippen LogP contribution in [0.2, 0.25) is 0 Å². The summed E-state index contributed by atoms with van der Waals surface area (Å²) in [6.45, 7) is 3.76. The van der Waals surface area contributed by atoms with Gasteiger partial charge in [-0.25, -0.2) is 0 Å². The van der Waals surface area contributed by atoms with E-state index in [0.717, 1.165) is 19.6 Å². The fourth-order valence-electron chi connectivity index (χ4n) is 1.62. The first-order valence-corrected chi connectivity index (χ1v) is 4.02. The van der Waals surface area contributed by atoms with Crippen molar-refractivity contribution >= 4 is 0 Å². The van der Waals surface area contributed by atoms with Gasteiger partial charge in [0, 0.05) is 25.7 Å². The highest BCUT2D eigenvalue weighted by atomic mass is 15.2. The van der Waals surface area contributed by atoms with Gasteiger partial charge in [-0.1, -0.05) is 0 Å². The Morgan fingerprint density at radius 1 is 1.40 bits per heavy atom. The average Bonchev–Trinajstić information content (AvgIpc) is 2.36. The first-order chi connectivity index (χ1) is 4.88. The summed E-state index contributed by atoms with van der Waals surface area (Å²) in [5.74, 6) is 0. The second kappa shape index (κ2) is 3.91. The van der Waals surface area contributed by atoms with Crippen molar-refractivity contribution in [3.63, 3.8) is 0 Å². The number of likely N-dealkylation sites (tertiary alicyclic amines) is 1. The molecule has 1 rings (SSSR count). The van der Waals surface area contributed by atoms with Crippen molar-refractivity contribution in [2.24, 2.45) is 11.5 Å². The van der Waals surface area contributed by atoms with Crippen LogP contribution in [0, 0.1) is 0 Å². The number of hydrogen-bond donors (Lipinski definition) is 2. The van der Waals surface area contributed by atoms with Crippen LogP contribution in [0.4, 0.5) is 0 Å². The molecule has 3 heteroatoms. The van der Waals surface area contributed by atoms with Crippen molar-refractivity contribution in [1.29, 1.82) is 0 Å². The monoisotopic (exact) mass is 143 g/mol. The molecule has 0 unspecified atom stereocenters. The molecule has 0 aromatic carbocycles. The van der Waals surface area contributed by atoms with E-state index in [1.807, 2.05) is 0 Å². The largest absolute Gasteiger partial charge is 0.329 e. The summed E-state index contributed by atoms with van der Waals surface area (Å²) in [5.41, 5.74) is 11.0. The zero-order valence-electron chi connectivity index (χ0n) is 6.42. The lowest BCUT2D eigenvalue weighted by Gasteiger charge is -2.21. The molecular formula is C7H17N3. The molecule has 0 aromatic heterocycles. The summed E-state index contributed by atoms with van der Waals surface area (Å²) < 4.78 is 0. The van der Waals surface area contributed by atoms with E-state index in [9.17, 15) is 0 Å². The van der Waals surface area contributed by atoms with E-state index in [-0.39, 0.29) is 0 Å². The van der Waals surface area contributed by atoms with Gasteiger partial charge in [-0.2, -0.15) is 0 Å². The normalized spacial score (nSPS) is 27.6. The van der Waals surface area contributed by atoms with Crippen LogP contribution < -0.4 is 11.5 Å². The Morgan fingerprint density at radius 3 is 2.80 bits per heavy atom. The van der Waals surface area contributed by atoms with Gasteiger partial charge in [-0.3, -0.25) is 4.90 Å². The Labute approximate surface area is 62.4 Å². The lowest BCUT2D eigenvalue weighted by Crippen LogP contribution is -2.38. The molecule has 0 spiro atoms. The third kappa shape index (κ3) is 1.68. The maximum Gasteiger partial charge on any atom is 0.0219 e. The fourth-order valence-corrected chi connectivity index (χ4v) is 1.62. The Kier molecular flexibility index (Phi) is 3.12. The Bertz CT molecular complexity index is 94.9. The molecule has 4 N–H and O–H groups in total. The summed E-state index contributed by atoms with van der Waals surface area (Å²) in [4.78, 5) is 2.39. The molecule has 60 valence electrons. The average molecular weight is 143 g/mol. The molecular weight excluding hydrogens is 126 g/mol. The number of hydrogen-bond acceptors (Lipinski definition) is 3. The van der Waals surface area contributed by atoms with E-state index in [4.69, 9.17) is 11.5 Å². The van der Waals surface area contributed by atoms with Crippen LogP contribution in [0.1, 0.15) is 12.8 Å². The fraction of sp³-hybridized carbons (Fsp3) is 1.00. The van der Waals surface area contributed by atoms with Crippen LogP contribution in [0.15, 0.2) is 0 Å². The molecule has 0 bridgehead atoms. The maximum atomic E-state index is 5.57. The van der Waals surface area contributed by atoms with E-state index in [0.29, 0.717) is 6.04 Å². The lowest BCUT2D eigenvalue weighted by molar-refractivity contribution is 0.266. The summed E-state index contributed by atoms with van der Waals surface area (Å²) in [5, 5.41) is 0. The van der Waals surface area contributed by atoms with E-state index < -0.39 is 0 Å². The standard InChI is InChI=1S/C7H17N3/c8-3-5-10-4-1-2-7(10)6-9/h7H,1-6,8-9H2/t7-/m1/s1. The number of nitrogens with zero attached hydrogens (tertiary/aromatic N) is 1. The molecule has 0 amide bonds. The smallest absolute Gasteiger partial charge is 0.0219 e. The highest BCUT2D eigenvalue weighted by Crippen LogP contribution is 2.14. The van der Waals surface area contributed by atoms with Gasteiger partial charge in [0.1, 0.15) is 0 Å². The molecule has 3 nitrogen and oxygen atoms in total. The molecule has 0 radical (unpaired) electrons. The molecule has 0 saturated carbocycles. The van der Waals surface area contributed by atoms with Gasteiger partial charge in [-0.05, 0) is 19.4 Å². The molecule has 0 aliphatic carbocycles. The number of rotatable bonds is 3. The molecule has 0 aromatic rings. The van der Waals surface area contributed by atoms with Gasteiger partial charge in [0.25, 0.3) is 0 Å². The van der Waals surface area contributed by atoms with Crippen LogP contribution in [0.3, 0.4) is 0 Å². The van der Waals surface area contributed by atoms with Crippen LogP contribution in [0.5, 0.6) is 0 Å². The van der Waals surface area contributed by atoms with Gasteiger partial charge >= 0.3 is 0 Å². The topological polar surface area (TPSA) is 55.3 Å². The first-order valence-electron chi connectivity index (χ1n) is 4.02. The molecule has 1 heterocycles. The minimum absolute atomic E-state index is 0.614. The van der Waals surface area contributed by atoms with Crippen LogP contribution >= 0.6 is 0 Å². The predicted molar refractivity (Wildman–Crippen MR) is 42.7 cm³/mol. The van der Waals surface area contributed by atoms with Gasteiger partial charge in [0.15, 0.2) is 0 Å². The van der Waals surface area contributed by atoms with E-state index in [1.54, 1.807) is 0 Å². The zero-order chi connectivity index (χ0) is 7.40. The maximum absolute atomic E-state index is 5.57. The van der Waals surface area contributed by atoms with E-state index in [1.165, 1.54) is 19.4 Å². The van der Waals surface area contributed by atoms with Gasteiger partial charge in [0.05, 0.1) is 0 Å². The Balaban J connectivity index is 2.27.